The zero-order chi connectivity index (χ0) is 29.1. The van der Waals surface area contributed by atoms with Gasteiger partial charge in [-0.2, -0.15) is 0 Å². The second-order valence-corrected chi connectivity index (χ2v) is 11.6. The fourth-order valence-corrected chi connectivity index (χ4v) is 5.71. The lowest BCUT2D eigenvalue weighted by Gasteiger charge is -2.32. The lowest BCUT2D eigenvalue weighted by atomic mass is 9.98. The number of amides is 2. The number of likely N-dealkylation sites (N-methyl/N-ethyl adjacent to an activating group) is 1. The van der Waals surface area contributed by atoms with Crippen LogP contribution in [0.1, 0.15) is 62.2 Å². The number of nitrogens with one attached hydrogen (secondary N) is 1. The maximum atomic E-state index is 13.4. The molecular weight excluding hydrogens is 514 g/mol. The van der Waals surface area contributed by atoms with Crippen LogP contribution in [0, 0.1) is 20.8 Å². The van der Waals surface area contributed by atoms with Gasteiger partial charge in [0.05, 0.1) is 24.3 Å². The van der Waals surface area contributed by atoms with Crippen molar-refractivity contribution in [1.29, 1.82) is 0 Å². The van der Waals surface area contributed by atoms with Gasteiger partial charge in [-0.15, -0.1) is 0 Å². The Morgan fingerprint density at radius 2 is 1.71 bits per heavy atom. The second-order valence-electron chi connectivity index (χ2n) is 11.6. The van der Waals surface area contributed by atoms with E-state index in [-0.39, 0.29) is 29.8 Å². The van der Waals surface area contributed by atoms with Crippen LogP contribution in [0.5, 0.6) is 0 Å². The highest BCUT2D eigenvalue weighted by atomic mass is 16.5. The Morgan fingerprint density at radius 1 is 0.927 bits per heavy atom. The third-order valence-electron chi connectivity index (χ3n) is 8.55. The minimum atomic E-state index is -0.248. The quantitative estimate of drug-likeness (QED) is 0.445. The first-order chi connectivity index (χ1) is 19.7. The number of hydrogen-bond acceptors (Lipinski definition) is 6. The number of pyridine rings is 1. The molecule has 2 heterocycles. The number of anilines is 1. The topological polar surface area (TPSA) is 101 Å². The Kier molecular flexibility index (Phi) is 8.71. The minimum absolute atomic E-state index is 0.0500. The van der Waals surface area contributed by atoms with Crippen molar-refractivity contribution in [2.24, 2.45) is 0 Å². The number of nitrogens with two attached hydrogens (primary N) is 1. The molecule has 0 spiro atoms. The van der Waals surface area contributed by atoms with E-state index in [0.717, 1.165) is 67.7 Å². The van der Waals surface area contributed by atoms with Crippen molar-refractivity contribution in [3.8, 4) is 11.1 Å². The Morgan fingerprint density at radius 3 is 2.44 bits per heavy atom. The summed E-state index contributed by atoms with van der Waals surface area (Å²) in [4.78, 5) is 35.0. The van der Waals surface area contributed by atoms with Gasteiger partial charge in [0, 0.05) is 43.5 Å². The highest BCUT2D eigenvalue weighted by Crippen LogP contribution is 2.27. The predicted molar refractivity (Wildman–Crippen MR) is 162 cm³/mol. The van der Waals surface area contributed by atoms with Crippen LogP contribution in [0.4, 0.5) is 5.82 Å². The van der Waals surface area contributed by atoms with E-state index in [4.69, 9.17) is 10.5 Å². The largest absolute Gasteiger partial charge is 0.383 e. The fourth-order valence-electron chi connectivity index (χ4n) is 5.71. The molecule has 8 nitrogen and oxygen atoms in total. The van der Waals surface area contributed by atoms with Crippen molar-refractivity contribution in [3.05, 3.63) is 82.0 Å². The molecule has 2 atom stereocenters. The van der Waals surface area contributed by atoms with Gasteiger partial charge in [0.25, 0.3) is 11.8 Å². The van der Waals surface area contributed by atoms with Crippen LogP contribution < -0.4 is 11.1 Å². The maximum absolute atomic E-state index is 13.4. The molecule has 3 aromatic rings. The number of carbonyl (C=O) groups is 2. The molecule has 0 bridgehead atoms. The summed E-state index contributed by atoms with van der Waals surface area (Å²) in [5, 5.41) is 3.16. The molecule has 2 aliphatic rings. The number of nitrogen functional groups attached to an aromatic ring is 1. The molecule has 1 saturated carbocycles. The number of aromatic nitrogens is 1. The van der Waals surface area contributed by atoms with Crippen molar-refractivity contribution in [2.75, 3.05) is 39.0 Å². The van der Waals surface area contributed by atoms with Crippen LogP contribution in [0.2, 0.25) is 0 Å². The average molecular weight is 556 g/mol. The summed E-state index contributed by atoms with van der Waals surface area (Å²) in [7, 11) is 2.07. The first kappa shape index (κ1) is 28.8. The van der Waals surface area contributed by atoms with Gasteiger partial charge in [0.1, 0.15) is 5.82 Å². The number of hydrogen-bond donors (Lipinski definition) is 2. The number of ether oxygens (including phenoxy) is 1. The van der Waals surface area contributed by atoms with Crippen LogP contribution in [0.3, 0.4) is 0 Å². The highest BCUT2D eigenvalue weighted by Gasteiger charge is 2.30. The lowest BCUT2D eigenvalue weighted by Crippen LogP contribution is -2.47. The molecule has 3 N–H and O–H groups in total. The number of benzene rings is 2. The zero-order valence-electron chi connectivity index (χ0n) is 24.6. The average Bonchev–Trinajstić information content (AvgIpc) is 3.40. The summed E-state index contributed by atoms with van der Waals surface area (Å²) in [5.41, 5.74) is 13.4. The SMILES string of the molecule is Cc1ccc(CO[C@H]2CCC[C@@H]2NC(=O)c2cc(-c3ccc(C(=O)N4CCN(C)CC4)c(C)c3)cnc2N)cc1C. The van der Waals surface area contributed by atoms with E-state index >= 15 is 0 Å². The van der Waals surface area contributed by atoms with Gasteiger partial charge >= 0.3 is 0 Å². The van der Waals surface area contributed by atoms with E-state index in [1.807, 2.05) is 30.0 Å². The van der Waals surface area contributed by atoms with Crippen LogP contribution in [-0.4, -0.2) is 72.0 Å². The maximum Gasteiger partial charge on any atom is 0.255 e. The number of piperazine rings is 1. The monoisotopic (exact) mass is 555 g/mol. The van der Waals surface area contributed by atoms with Crippen molar-refractivity contribution in [3.63, 3.8) is 0 Å². The Hall–Kier alpha value is -3.75. The normalized spacial score (nSPS) is 19.4. The molecule has 1 saturated heterocycles. The van der Waals surface area contributed by atoms with Gasteiger partial charge in [-0.3, -0.25) is 9.59 Å². The van der Waals surface area contributed by atoms with E-state index in [9.17, 15) is 9.59 Å². The van der Waals surface area contributed by atoms with Crippen molar-refractivity contribution in [1.82, 2.24) is 20.1 Å². The molecule has 41 heavy (non-hydrogen) atoms. The van der Waals surface area contributed by atoms with Gasteiger partial charge < -0.3 is 25.6 Å². The molecule has 0 radical (unpaired) electrons. The van der Waals surface area contributed by atoms with Crippen LogP contribution >= 0.6 is 0 Å². The van der Waals surface area contributed by atoms with E-state index < -0.39 is 0 Å². The van der Waals surface area contributed by atoms with Gasteiger partial charge in [0.2, 0.25) is 0 Å². The summed E-state index contributed by atoms with van der Waals surface area (Å²) in [6.45, 7) is 9.90. The zero-order valence-corrected chi connectivity index (χ0v) is 24.6. The molecule has 216 valence electrons. The van der Waals surface area contributed by atoms with E-state index in [1.54, 1.807) is 12.3 Å². The first-order valence-electron chi connectivity index (χ1n) is 14.5. The number of aryl methyl sites for hydroxylation is 3. The predicted octanol–water partition coefficient (Wildman–Crippen LogP) is 4.51. The second kappa shape index (κ2) is 12.4. The number of nitrogens with zero attached hydrogens (tertiary/aromatic N) is 3. The molecule has 1 aromatic heterocycles. The molecule has 1 aliphatic heterocycles. The minimum Gasteiger partial charge on any atom is -0.383 e. The summed E-state index contributed by atoms with van der Waals surface area (Å²) >= 11 is 0. The smallest absolute Gasteiger partial charge is 0.255 e. The van der Waals surface area contributed by atoms with Gasteiger partial charge in [-0.25, -0.2) is 4.98 Å². The molecule has 8 heteroatoms. The van der Waals surface area contributed by atoms with E-state index in [1.165, 1.54) is 11.1 Å². The molecule has 2 fully saturated rings. The molecule has 1 aliphatic carbocycles. The Labute approximate surface area is 242 Å². The van der Waals surface area contributed by atoms with Crippen molar-refractivity contribution in [2.45, 2.75) is 58.8 Å². The van der Waals surface area contributed by atoms with Crippen LogP contribution in [-0.2, 0) is 11.3 Å². The van der Waals surface area contributed by atoms with Crippen molar-refractivity contribution < 1.29 is 14.3 Å². The molecule has 2 amide bonds. The third-order valence-corrected chi connectivity index (χ3v) is 8.55. The molecule has 0 unspecified atom stereocenters. The molecule has 5 rings (SSSR count). The lowest BCUT2D eigenvalue weighted by molar-refractivity contribution is 0.0272. The molecular formula is C33H41N5O3. The van der Waals surface area contributed by atoms with Crippen LogP contribution in [0.15, 0.2) is 48.7 Å². The van der Waals surface area contributed by atoms with Gasteiger partial charge in [-0.1, -0.05) is 30.3 Å². The standard InChI is InChI=1S/C33H41N5O3/c1-21-8-9-24(16-22(21)2)20-41-30-7-5-6-29(30)36-32(39)28-18-26(19-35-31(28)34)25-10-11-27(23(3)17-25)33(40)38-14-12-37(4)13-15-38/h8-11,16-19,29-30H,5-7,12-15,20H2,1-4H3,(H2,34,35)(H,36,39)/t29-,30-/m0/s1. The summed E-state index contributed by atoms with van der Waals surface area (Å²) in [6.07, 6.45) is 4.38. The third kappa shape index (κ3) is 6.60. The van der Waals surface area contributed by atoms with Gasteiger partial charge in [-0.05, 0) is 87.0 Å². The van der Waals surface area contributed by atoms with Gasteiger partial charge in [0.15, 0.2) is 0 Å². The van der Waals surface area contributed by atoms with E-state index in [2.05, 4.69) is 54.3 Å². The van der Waals surface area contributed by atoms with E-state index in [0.29, 0.717) is 17.7 Å². The van der Waals surface area contributed by atoms with Crippen molar-refractivity contribution >= 4 is 17.6 Å². The van der Waals surface area contributed by atoms with Crippen LogP contribution in [0.25, 0.3) is 11.1 Å². The first-order valence-corrected chi connectivity index (χ1v) is 14.5. The Bertz CT molecular complexity index is 1430. The Balaban J connectivity index is 1.26. The number of rotatable bonds is 7. The summed E-state index contributed by atoms with van der Waals surface area (Å²) in [6, 6.07) is 13.8. The fraction of sp³-hybridized carbons (Fsp3) is 0.424. The number of carbonyl (C=O) groups excluding carboxylic acids is 2. The molecule has 2 aromatic carbocycles. The highest BCUT2D eigenvalue weighted by molar-refractivity contribution is 6.00. The summed E-state index contributed by atoms with van der Waals surface area (Å²) in [5.74, 6) is 0.000969. The summed E-state index contributed by atoms with van der Waals surface area (Å²) < 4.78 is 6.25.